The predicted molar refractivity (Wildman–Crippen MR) is 127 cm³/mol. The quantitative estimate of drug-likeness (QED) is 0.461. The molecule has 0 atom stereocenters. The maximum atomic E-state index is 13.5. The van der Waals surface area contributed by atoms with Gasteiger partial charge in [-0.1, -0.05) is 35.4 Å². The third-order valence-corrected chi connectivity index (χ3v) is 6.08. The summed E-state index contributed by atoms with van der Waals surface area (Å²) in [6.07, 6.45) is 5.56. The SMILES string of the molecule is Cc1ccc(-n2ncc(C(=O)N3CCN(c4cccc(Cl)c4)CC3)c2-n2cccc2)cc1. The van der Waals surface area contributed by atoms with Crippen LogP contribution in [0.15, 0.2) is 79.3 Å². The first kappa shape index (κ1) is 20.4. The van der Waals surface area contributed by atoms with Gasteiger partial charge in [-0.05, 0) is 49.4 Å². The van der Waals surface area contributed by atoms with Crippen LogP contribution in [0.25, 0.3) is 11.5 Å². The van der Waals surface area contributed by atoms with Gasteiger partial charge in [-0.15, -0.1) is 0 Å². The van der Waals surface area contributed by atoms with Crippen molar-refractivity contribution in [1.82, 2.24) is 19.2 Å². The van der Waals surface area contributed by atoms with E-state index in [1.807, 2.05) is 81.1 Å². The standard InChI is InChI=1S/C25H24ClN5O/c1-19-7-9-21(10-8-19)31-24(29-11-2-3-12-29)23(18-27-31)25(32)30-15-13-28(14-16-30)22-6-4-5-20(26)17-22/h2-12,17-18H,13-16H2,1H3. The minimum absolute atomic E-state index is 0.00203. The van der Waals surface area contributed by atoms with E-state index >= 15 is 0 Å². The molecule has 0 unspecified atom stereocenters. The first-order chi connectivity index (χ1) is 15.6. The molecule has 32 heavy (non-hydrogen) atoms. The van der Waals surface area contributed by atoms with E-state index in [1.165, 1.54) is 5.56 Å². The lowest BCUT2D eigenvalue weighted by atomic mass is 10.2. The molecule has 0 saturated carbocycles. The Morgan fingerprint density at radius 3 is 2.31 bits per heavy atom. The first-order valence-corrected chi connectivity index (χ1v) is 11.1. The van der Waals surface area contributed by atoms with E-state index in [0.717, 1.165) is 35.3 Å². The molecule has 3 heterocycles. The van der Waals surface area contributed by atoms with Crippen molar-refractivity contribution in [1.29, 1.82) is 0 Å². The summed E-state index contributed by atoms with van der Waals surface area (Å²) >= 11 is 6.15. The number of hydrogen-bond acceptors (Lipinski definition) is 3. The second-order valence-corrected chi connectivity index (χ2v) is 8.42. The topological polar surface area (TPSA) is 46.3 Å². The molecule has 0 spiro atoms. The molecule has 0 aliphatic carbocycles. The van der Waals surface area contributed by atoms with Crippen LogP contribution in [0.5, 0.6) is 0 Å². The number of rotatable bonds is 4. The van der Waals surface area contributed by atoms with Crippen molar-refractivity contribution in [2.45, 2.75) is 6.92 Å². The third-order valence-electron chi connectivity index (χ3n) is 5.84. The molecule has 0 radical (unpaired) electrons. The Labute approximate surface area is 192 Å². The van der Waals surface area contributed by atoms with Crippen molar-refractivity contribution in [2.24, 2.45) is 0 Å². The summed E-state index contributed by atoms with van der Waals surface area (Å²) < 4.78 is 3.78. The highest BCUT2D eigenvalue weighted by Gasteiger charge is 2.27. The lowest BCUT2D eigenvalue weighted by molar-refractivity contribution is 0.0747. The van der Waals surface area contributed by atoms with Crippen molar-refractivity contribution >= 4 is 23.2 Å². The largest absolute Gasteiger partial charge is 0.368 e. The highest BCUT2D eigenvalue weighted by molar-refractivity contribution is 6.30. The zero-order valence-corrected chi connectivity index (χ0v) is 18.6. The number of aryl methyl sites for hydroxylation is 1. The van der Waals surface area contributed by atoms with Crippen LogP contribution >= 0.6 is 11.6 Å². The van der Waals surface area contributed by atoms with E-state index in [1.54, 1.807) is 6.20 Å². The Bertz CT molecular complexity index is 1220. The summed E-state index contributed by atoms with van der Waals surface area (Å²) in [5, 5.41) is 5.31. The van der Waals surface area contributed by atoms with Crippen molar-refractivity contribution in [2.75, 3.05) is 31.1 Å². The fraction of sp³-hybridized carbons (Fsp3) is 0.200. The van der Waals surface area contributed by atoms with Gasteiger partial charge in [0.2, 0.25) is 0 Å². The number of halogens is 1. The molecule has 7 heteroatoms. The van der Waals surface area contributed by atoms with Gasteiger partial charge in [0.25, 0.3) is 5.91 Å². The van der Waals surface area contributed by atoms with Gasteiger partial charge in [0, 0.05) is 49.3 Å². The van der Waals surface area contributed by atoms with Gasteiger partial charge in [0.05, 0.1) is 11.9 Å². The average Bonchev–Trinajstić information content (AvgIpc) is 3.49. The first-order valence-electron chi connectivity index (χ1n) is 10.7. The van der Waals surface area contributed by atoms with Crippen LogP contribution in [-0.2, 0) is 0 Å². The van der Waals surface area contributed by atoms with Crippen LogP contribution in [0.4, 0.5) is 5.69 Å². The van der Waals surface area contributed by atoms with Crippen LogP contribution in [-0.4, -0.2) is 51.3 Å². The van der Waals surface area contributed by atoms with Gasteiger partial charge in [-0.2, -0.15) is 5.10 Å². The number of piperazine rings is 1. The predicted octanol–water partition coefficient (Wildman–Crippen LogP) is 4.59. The monoisotopic (exact) mass is 445 g/mol. The highest BCUT2D eigenvalue weighted by atomic mass is 35.5. The molecule has 0 bridgehead atoms. The number of carbonyl (C=O) groups is 1. The fourth-order valence-electron chi connectivity index (χ4n) is 4.10. The summed E-state index contributed by atoms with van der Waals surface area (Å²) in [4.78, 5) is 17.7. The Kier molecular flexibility index (Phi) is 5.45. The van der Waals surface area contributed by atoms with Crippen LogP contribution in [0.2, 0.25) is 5.02 Å². The van der Waals surface area contributed by atoms with Gasteiger partial charge in [0.1, 0.15) is 5.56 Å². The van der Waals surface area contributed by atoms with E-state index < -0.39 is 0 Å². The fourth-order valence-corrected chi connectivity index (χ4v) is 4.29. The second-order valence-electron chi connectivity index (χ2n) is 7.98. The summed E-state index contributed by atoms with van der Waals surface area (Å²) in [6.45, 7) is 4.87. The van der Waals surface area contributed by atoms with E-state index in [4.69, 9.17) is 11.6 Å². The number of aromatic nitrogens is 3. The number of amides is 1. The minimum atomic E-state index is -0.00203. The maximum absolute atomic E-state index is 13.5. The molecule has 1 amide bonds. The summed E-state index contributed by atoms with van der Waals surface area (Å²) in [6, 6.07) is 19.9. The van der Waals surface area contributed by atoms with Crippen LogP contribution in [0.3, 0.4) is 0 Å². The van der Waals surface area contributed by atoms with Crippen molar-refractivity contribution in [3.05, 3.63) is 95.4 Å². The zero-order valence-electron chi connectivity index (χ0n) is 17.9. The zero-order chi connectivity index (χ0) is 22.1. The van der Waals surface area contributed by atoms with Gasteiger partial charge in [0.15, 0.2) is 5.82 Å². The molecule has 5 rings (SSSR count). The van der Waals surface area contributed by atoms with Crippen LogP contribution < -0.4 is 4.90 Å². The molecule has 2 aromatic heterocycles. The summed E-state index contributed by atoms with van der Waals surface area (Å²) in [5.41, 5.74) is 3.78. The van der Waals surface area contributed by atoms with E-state index in [2.05, 4.69) is 23.0 Å². The highest BCUT2D eigenvalue weighted by Crippen LogP contribution is 2.24. The lowest BCUT2D eigenvalue weighted by Gasteiger charge is -2.36. The molecular weight excluding hydrogens is 422 g/mol. The Morgan fingerprint density at radius 1 is 0.906 bits per heavy atom. The number of anilines is 1. The maximum Gasteiger partial charge on any atom is 0.259 e. The molecule has 6 nitrogen and oxygen atoms in total. The number of nitrogens with zero attached hydrogens (tertiary/aromatic N) is 5. The number of benzene rings is 2. The molecule has 1 fully saturated rings. The molecule has 4 aromatic rings. The van der Waals surface area contributed by atoms with Crippen molar-refractivity contribution in [3.63, 3.8) is 0 Å². The lowest BCUT2D eigenvalue weighted by Crippen LogP contribution is -2.48. The second kappa shape index (κ2) is 8.55. The van der Waals surface area contributed by atoms with E-state index in [0.29, 0.717) is 18.7 Å². The Balaban J connectivity index is 1.41. The van der Waals surface area contributed by atoms with Gasteiger partial charge in [-0.3, -0.25) is 4.79 Å². The normalized spacial score (nSPS) is 14.1. The minimum Gasteiger partial charge on any atom is -0.368 e. The Hall–Kier alpha value is -3.51. The molecule has 0 N–H and O–H groups in total. The number of hydrogen-bond donors (Lipinski definition) is 0. The molecule has 1 saturated heterocycles. The van der Waals surface area contributed by atoms with Crippen molar-refractivity contribution < 1.29 is 4.79 Å². The van der Waals surface area contributed by atoms with Gasteiger partial charge < -0.3 is 14.4 Å². The van der Waals surface area contributed by atoms with Crippen LogP contribution in [0, 0.1) is 6.92 Å². The van der Waals surface area contributed by atoms with Crippen LogP contribution in [0.1, 0.15) is 15.9 Å². The van der Waals surface area contributed by atoms with Crippen molar-refractivity contribution in [3.8, 4) is 11.5 Å². The third kappa shape index (κ3) is 3.89. The summed E-state index contributed by atoms with van der Waals surface area (Å²) in [7, 11) is 0. The Morgan fingerprint density at radius 2 is 1.62 bits per heavy atom. The molecule has 1 aliphatic rings. The van der Waals surface area contributed by atoms with E-state index in [9.17, 15) is 4.79 Å². The van der Waals surface area contributed by atoms with Gasteiger partial charge >= 0.3 is 0 Å². The number of carbonyl (C=O) groups excluding carboxylic acids is 1. The molecule has 1 aliphatic heterocycles. The average molecular weight is 446 g/mol. The molecule has 162 valence electrons. The van der Waals surface area contributed by atoms with Gasteiger partial charge in [-0.25, -0.2) is 4.68 Å². The molecule has 2 aromatic carbocycles. The molecular formula is C25H24ClN5O. The smallest absolute Gasteiger partial charge is 0.259 e. The summed E-state index contributed by atoms with van der Waals surface area (Å²) in [5.74, 6) is 0.749. The van der Waals surface area contributed by atoms with E-state index in [-0.39, 0.29) is 5.91 Å².